The summed E-state index contributed by atoms with van der Waals surface area (Å²) < 4.78 is 35.1. The molecule has 5 rings (SSSR count). The molecule has 2 aliphatic rings. The number of carboxylic acids is 1. The number of hydrogen-bond acceptors (Lipinski definition) is 6. The lowest BCUT2D eigenvalue weighted by Gasteiger charge is -2.18. The summed E-state index contributed by atoms with van der Waals surface area (Å²) in [5, 5.41) is 39.7. The molecule has 0 radical (unpaired) electrons. The molecule has 0 unspecified atom stereocenters. The molecule has 0 spiro atoms. The van der Waals surface area contributed by atoms with Gasteiger partial charge >= 0.3 is 5.97 Å². The SMILES string of the molecule is O=C(O)c1cc(-n2c(O)ccc2O)ccc1-c1c2cc(F)c(=O)cc-2oc2cc(O)c(F)cc12. The first kappa shape index (κ1) is 21.0. The lowest BCUT2D eigenvalue weighted by molar-refractivity contribution is 0.0697. The standard InChI is InChI=1S/C24H13F2NO7/c25-15-6-13-19(8-17(15)28)34-20-9-18(29)16(26)7-14(20)23(13)11-2-1-10(5-12(11)24(32)33)27-21(30)3-4-22(27)31/h1-9,28,30-31H,(H,32,33). The van der Waals surface area contributed by atoms with Gasteiger partial charge in [-0.05, 0) is 29.8 Å². The van der Waals surface area contributed by atoms with Gasteiger partial charge in [0, 0.05) is 40.8 Å². The average molecular weight is 465 g/mol. The number of carbonyl (C=O) groups is 1. The van der Waals surface area contributed by atoms with E-state index in [1.54, 1.807) is 0 Å². The zero-order chi connectivity index (χ0) is 24.3. The summed E-state index contributed by atoms with van der Waals surface area (Å²) in [5.74, 6) is -5.11. The van der Waals surface area contributed by atoms with Crippen molar-refractivity contribution in [1.82, 2.24) is 4.57 Å². The van der Waals surface area contributed by atoms with Crippen molar-refractivity contribution in [2.45, 2.75) is 0 Å². The molecule has 170 valence electrons. The summed E-state index contributed by atoms with van der Waals surface area (Å²) in [4.78, 5) is 24.1. The van der Waals surface area contributed by atoms with Crippen LogP contribution in [0.1, 0.15) is 10.4 Å². The lowest BCUT2D eigenvalue weighted by atomic mass is 9.90. The maximum absolute atomic E-state index is 14.3. The summed E-state index contributed by atoms with van der Waals surface area (Å²) in [7, 11) is 0. The molecule has 0 fully saturated rings. The van der Waals surface area contributed by atoms with E-state index in [0.29, 0.717) is 0 Å². The van der Waals surface area contributed by atoms with Gasteiger partial charge in [0.1, 0.15) is 11.3 Å². The Morgan fingerprint density at radius 2 is 1.56 bits per heavy atom. The number of aromatic carboxylic acids is 1. The second-order valence-electron chi connectivity index (χ2n) is 7.48. The van der Waals surface area contributed by atoms with E-state index < -0.39 is 28.8 Å². The predicted molar refractivity (Wildman–Crippen MR) is 116 cm³/mol. The van der Waals surface area contributed by atoms with Crippen molar-refractivity contribution >= 4 is 16.9 Å². The summed E-state index contributed by atoms with van der Waals surface area (Å²) in [5.41, 5.74) is -1.23. The van der Waals surface area contributed by atoms with Crippen LogP contribution in [0.3, 0.4) is 0 Å². The minimum Gasteiger partial charge on any atom is -0.505 e. The Bertz CT molecular complexity index is 1650. The Morgan fingerprint density at radius 1 is 0.853 bits per heavy atom. The molecule has 2 heterocycles. The van der Waals surface area contributed by atoms with E-state index in [9.17, 15) is 38.8 Å². The van der Waals surface area contributed by atoms with Gasteiger partial charge in [0.15, 0.2) is 29.1 Å². The number of fused-ring (bicyclic) bond motifs is 2. The molecule has 0 amide bonds. The number of rotatable bonds is 3. The molecule has 0 bridgehead atoms. The summed E-state index contributed by atoms with van der Waals surface area (Å²) in [6.45, 7) is 0. The minimum atomic E-state index is -1.41. The number of phenolic OH excluding ortho intramolecular Hbond substituents is 1. The maximum Gasteiger partial charge on any atom is 0.336 e. The van der Waals surface area contributed by atoms with Gasteiger partial charge in [0.2, 0.25) is 5.43 Å². The molecule has 4 N–H and O–H groups in total. The van der Waals surface area contributed by atoms with Crippen LogP contribution in [-0.2, 0) is 0 Å². The molecule has 3 aromatic rings. The summed E-state index contributed by atoms with van der Waals surface area (Å²) in [6.07, 6.45) is 0. The zero-order valence-corrected chi connectivity index (χ0v) is 16.9. The Morgan fingerprint density at radius 3 is 2.24 bits per heavy atom. The molecule has 1 aromatic heterocycles. The second kappa shape index (κ2) is 7.34. The lowest BCUT2D eigenvalue weighted by Crippen LogP contribution is -2.08. The van der Waals surface area contributed by atoms with Gasteiger partial charge in [-0.15, -0.1) is 0 Å². The number of aromatic hydroxyl groups is 3. The van der Waals surface area contributed by atoms with Gasteiger partial charge < -0.3 is 24.8 Å². The van der Waals surface area contributed by atoms with Crippen LogP contribution in [0, 0.1) is 11.6 Å². The van der Waals surface area contributed by atoms with Gasteiger partial charge in [-0.3, -0.25) is 9.36 Å². The first-order valence-electron chi connectivity index (χ1n) is 9.72. The second-order valence-corrected chi connectivity index (χ2v) is 7.48. The van der Waals surface area contributed by atoms with Crippen molar-refractivity contribution in [2.75, 3.05) is 0 Å². The van der Waals surface area contributed by atoms with Gasteiger partial charge in [0.25, 0.3) is 0 Å². The van der Waals surface area contributed by atoms with Gasteiger partial charge in [-0.25, -0.2) is 13.6 Å². The fourth-order valence-corrected chi connectivity index (χ4v) is 3.94. The van der Waals surface area contributed by atoms with E-state index in [4.69, 9.17) is 4.42 Å². The van der Waals surface area contributed by atoms with Gasteiger partial charge in [-0.1, -0.05) is 6.07 Å². The molecular weight excluding hydrogens is 452 g/mol. The third-order valence-electron chi connectivity index (χ3n) is 5.44. The van der Waals surface area contributed by atoms with Crippen molar-refractivity contribution in [2.24, 2.45) is 0 Å². The van der Waals surface area contributed by atoms with Crippen LogP contribution >= 0.6 is 0 Å². The van der Waals surface area contributed by atoms with Gasteiger partial charge in [-0.2, -0.15) is 0 Å². The fourth-order valence-electron chi connectivity index (χ4n) is 3.94. The average Bonchev–Trinajstić information content (AvgIpc) is 3.12. The highest BCUT2D eigenvalue weighted by Gasteiger charge is 2.25. The minimum absolute atomic E-state index is 0.00315. The quantitative estimate of drug-likeness (QED) is 0.289. The Labute approximate surface area is 188 Å². The van der Waals surface area contributed by atoms with Crippen LogP contribution < -0.4 is 5.43 Å². The molecule has 1 aliphatic heterocycles. The van der Waals surface area contributed by atoms with Crippen molar-refractivity contribution in [1.29, 1.82) is 0 Å². The zero-order valence-electron chi connectivity index (χ0n) is 16.9. The maximum atomic E-state index is 14.3. The number of aromatic nitrogens is 1. The molecule has 0 saturated heterocycles. The molecule has 2 aromatic carbocycles. The molecule has 1 aliphatic carbocycles. The molecule has 0 saturated carbocycles. The number of halogens is 2. The number of phenols is 1. The van der Waals surface area contributed by atoms with Crippen LogP contribution in [0.5, 0.6) is 17.5 Å². The third kappa shape index (κ3) is 3.12. The van der Waals surface area contributed by atoms with Crippen molar-refractivity contribution in [3.05, 3.63) is 82.0 Å². The van der Waals surface area contributed by atoms with Crippen molar-refractivity contribution in [3.63, 3.8) is 0 Å². The Hall–Kier alpha value is -4.86. The molecule has 8 nitrogen and oxygen atoms in total. The monoisotopic (exact) mass is 465 g/mol. The Balaban J connectivity index is 1.91. The van der Waals surface area contributed by atoms with Gasteiger partial charge in [0.05, 0.1) is 11.3 Å². The molecule has 0 atom stereocenters. The summed E-state index contributed by atoms with van der Waals surface area (Å²) >= 11 is 0. The van der Waals surface area contributed by atoms with Crippen LogP contribution in [0.4, 0.5) is 8.78 Å². The molecular formula is C24H13F2NO7. The number of nitrogens with zero attached hydrogens (tertiary/aromatic N) is 1. The topological polar surface area (TPSA) is 133 Å². The first-order chi connectivity index (χ1) is 16.2. The van der Waals surface area contributed by atoms with E-state index in [-0.39, 0.29) is 56.4 Å². The van der Waals surface area contributed by atoms with Crippen molar-refractivity contribution in [3.8, 4) is 45.6 Å². The number of hydrogen-bond donors (Lipinski definition) is 4. The first-order valence-corrected chi connectivity index (χ1v) is 9.72. The van der Waals surface area contributed by atoms with Crippen LogP contribution in [0.15, 0.2) is 63.8 Å². The molecule has 34 heavy (non-hydrogen) atoms. The van der Waals surface area contributed by atoms with Crippen LogP contribution in [-0.4, -0.2) is 31.0 Å². The van der Waals surface area contributed by atoms with Crippen LogP contribution in [0.25, 0.3) is 39.1 Å². The normalized spacial score (nSPS) is 11.4. The Kier molecular flexibility index (Phi) is 4.54. The number of benzene rings is 3. The van der Waals surface area contributed by atoms with E-state index in [1.165, 1.54) is 24.3 Å². The highest BCUT2D eigenvalue weighted by atomic mass is 19.1. The summed E-state index contributed by atoms with van der Waals surface area (Å²) in [6, 6.07) is 9.92. The van der Waals surface area contributed by atoms with E-state index in [1.807, 2.05) is 0 Å². The van der Waals surface area contributed by atoms with E-state index >= 15 is 0 Å². The highest BCUT2D eigenvalue weighted by Crippen LogP contribution is 2.43. The van der Waals surface area contributed by atoms with E-state index in [2.05, 4.69) is 0 Å². The largest absolute Gasteiger partial charge is 0.505 e. The highest BCUT2D eigenvalue weighted by molar-refractivity contribution is 6.08. The van der Waals surface area contributed by atoms with Crippen molar-refractivity contribution < 1.29 is 38.4 Å². The molecule has 10 heteroatoms. The predicted octanol–water partition coefficient (Wildman–Crippen LogP) is 4.45. The fraction of sp³-hybridized carbons (Fsp3) is 0. The van der Waals surface area contributed by atoms with E-state index in [0.717, 1.165) is 34.9 Å². The smallest absolute Gasteiger partial charge is 0.336 e. The number of carboxylic acid groups (broad SMARTS) is 1. The van der Waals surface area contributed by atoms with Crippen LogP contribution in [0.2, 0.25) is 0 Å². The third-order valence-corrected chi connectivity index (χ3v) is 5.44.